The van der Waals surface area contributed by atoms with Crippen LogP contribution in [-0.2, 0) is 9.47 Å². The van der Waals surface area contributed by atoms with Gasteiger partial charge in [-0.2, -0.15) is 0 Å². The highest BCUT2D eigenvalue weighted by Crippen LogP contribution is 2.38. The van der Waals surface area contributed by atoms with E-state index < -0.39 is 24.4 Å². The van der Waals surface area contributed by atoms with E-state index in [2.05, 4.69) is 4.98 Å². The van der Waals surface area contributed by atoms with Gasteiger partial charge in [-0.3, -0.25) is 0 Å². The molecule has 0 saturated carbocycles. The molecule has 3 heterocycles. The summed E-state index contributed by atoms with van der Waals surface area (Å²) in [5.41, 5.74) is 1.90. The van der Waals surface area contributed by atoms with Crippen molar-refractivity contribution in [2.24, 2.45) is 11.8 Å². The molecule has 174 valence electrons. The first-order valence-electron chi connectivity index (χ1n) is 11.3. The summed E-state index contributed by atoms with van der Waals surface area (Å²) >= 11 is 0. The molecule has 8 unspecified atom stereocenters. The molecule has 7 nitrogen and oxygen atoms in total. The molecule has 3 N–H and O–H groups in total. The van der Waals surface area contributed by atoms with E-state index in [1.807, 2.05) is 50.3 Å². The summed E-state index contributed by atoms with van der Waals surface area (Å²) in [6.45, 7) is 6.01. The van der Waals surface area contributed by atoms with Gasteiger partial charge in [-0.05, 0) is 32.8 Å². The summed E-state index contributed by atoms with van der Waals surface area (Å²) in [6, 6.07) is 9.77. The summed E-state index contributed by atoms with van der Waals surface area (Å²) < 4.78 is 17.4. The summed E-state index contributed by atoms with van der Waals surface area (Å²) in [7, 11) is 0. The van der Waals surface area contributed by atoms with Crippen LogP contribution in [0.15, 0.2) is 46.5 Å². The molecule has 32 heavy (non-hydrogen) atoms. The SMILES string of the molecule is C/C(=C\c1ncc(-c2ccccc2)o1)CC1OCC(CC2OC2C(C)C(C)O)C(O)C1O. The third kappa shape index (κ3) is 5.30. The van der Waals surface area contributed by atoms with Crippen LogP contribution in [0.3, 0.4) is 0 Å². The van der Waals surface area contributed by atoms with Gasteiger partial charge in [0, 0.05) is 17.4 Å². The fraction of sp³-hybridized carbons (Fsp3) is 0.560. The molecule has 2 aliphatic heterocycles. The van der Waals surface area contributed by atoms with Crippen molar-refractivity contribution >= 4 is 6.08 Å². The zero-order valence-corrected chi connectivity index (χ0v) is 18.8. The number of oxazole rings is 1. The van der Waals surface area contributed by atoms with Crippen LogP contribution in [0.1, 0.15) is 39.5 Å². The zero-order valence-electron chi connectivity index (χ0n) is 18.8. The van der Waals surface area contributed by atoms with Gasteiger partial charge in [0.05, 0.1) is 43.3 Å². The number of hydrogen-bond donors (Lipinski definition) is 3. The minimum absolute atomic E-state index is 0.00271. The monoisotopic (exact) mass is 443 g/mol. The van der Waals surface area contributed by atoms with E-state index >= 15 is 0 Å². The van der Waals surface area contributed by atoms with E-state index in [0.717, 1.165) is 11.1 Å². The molecule has 2 aliphatic rings. The molecule has 0 amide bonds. The Labute approximate surface area is 188 Å². The van der Waals surface area contributed by atoms with Crippen LogP contribution >= 0.6 is 0 Å². The summed E-state index contributed by atoms with van der Waals surface area (Å²) in [5.74, 6) is 1.04. The molecule has 0 bridgehead atoms. The highest BCUT2D eigenvalue weighted by molar-refractivity contribution is 5.57. The van der Waals surface area contributed by atoms with E-state index in [1.54, 1.807) is 13.1 Å². The quantitative estimate of drug-likeness (QED) is 0.538. The van der Waals surface area contributed by atoms with Gasteiger partial charge in [0.1, 0.15) is 6.10 Å². The van der Waals surface area contributed by atoms with Gasteiger partial charge in [0.15, 0.2) is 5.76 Å². The van der Waals surface area contributed by atoms with E-state index in [1.165, 1.54) is 0 Å². The molecule has 2 aromatic rings. The van der Waals surface area contributed by atoms with Crippen molar-refractivity contribution < 1.29 is 29.2 Å². The Hall–Kier alpha value is -2.03. The van der Waals surface area contributed by atoms with Gasteiger partial charge < -0.3 is 29.2 Å². The Morgan fingerprint density at radius 1 is 1.16 bits per heavy atom. The number of ether oxygens (including phenoxy) is 2. The second-order valence-electron chi connectivity index (χ2n) is 9.21. The Morgan fingerprint density at radius 3 is 2.62 bits per heavy atom. The van der Waals surface area contributed by atoms with E-state index in [0.29, 0.717) is 31.1 Å². The Kier molecular flexibility index (Phi) is 7.12. The first-order valence-corrected chi connectivity index (χ1v) is 11.3. The average Bonchev–Trinajstić information content (AvgIpc) is 3.39. The van der Waals surface area contributed by atoms with E-state index in [9.17, 15) is 15.3 Å². The molecular weight excluding hydrogens is 410 g/mol. The molecule has 1 aromatic carbocycles. The van der Waals surface area contributed by atoms with Gasteiger partial charge in [0.2, 0.25) is 5.89 Å². The molecule has 8 atom stereocenters. The smallest absolute Gasteiger partial charge is 0.219 e. The third-order valence-electron chi connectivity index (χ3n) is 6.65. The largest absolute Gasteiger partial charge is 0.437 e. The standard InChI is InChI=1S/C25H33NO6/c1-14(10-22-26-12-21(31-22)17-7-5-4-6-8-17)9-19-24(29)23(28)18(13-30-19)11-20-25(32-20)15(2)16(3)27/h4-8,10,12,15-16,18-20,23-25,27-29H,9,11,13H2,1-3H3/b14-10+. The highest BCUT2D eigenvalue weighted by atomic mass is 16.6. The number of aliphatic hydroxyl groups excluding tert-OH is 3. The van der Waals surface area contributed by atoms with Crippen LogP contribution in [0.25, 0.3) is 17.4 Å². The van der Waals surface area contributed by atoms with Gasteiger partial charge in [-0.25, -0.2) is 4.98 Å². The molecule has 2 fully saturated rings. The third-order valence-corrected chi connectivity index (χ3v) is 6.65. The van der Waals surface area contributed by atoms with Crippen LogP contribution in [0.5, 0.6) is 0 Å². The van der Waals surface area contributed by atoms with Gasteiger partial charge >= 0.3 is 0 Å². The topological polar surface area (TPSA) is 108 Å². The first kappa shape index (κ1) is 23.1. The second-order valence-corrected chi connectivity index (χ2v) is 9.21. The number of nitrogens with zero attached hydrogens (tertiary/aromatic N) is 1. The van der Waals surface area contributed by atoms with Crippen molar-refractivity contribution in [3.05, 3.63) is 48.0 Å². The van der Waals surface area contributed by atoms with Crippen molar-refractivity contribution in [1.82, 2.24) is 4.98 Å². The van der Waals surface area contributed by atoms with Crippen molar-refractivity contribution in [2.75, 3.05) is 6.61 Å². The lowest BCUT2D eigenvalue weighted by Gasteiger charge is -2.38. The van der Waals surface area contributed by atoms with Crippen molar-refractivity contribution in [2.45, 2.75) is 70.2 Å². The maximum atomic E-state index is 10.7. The van der Waals surface area contributed by atoms with Crippen LogP contribution < -0.4 is 0 Å². The predicted molar refractivity (Wildman–Crippen MR) is 120 cm³/mol. The average molecular weight is 444 g/mol. The zero-order chi connectivity index (χ0) is 22.8. The minimum Gasteiger partial charge on any atom is -0.437 e. The first-order chi connectivity index (χ1) is 15.3. The highest BCUT2D eigenvalue weighted by Gasteiger charge is 2.48. The molecule has 2 saturated heterocycles. The van der Waals surface area contributed by atoms with Crippen LogP contribution in [0.4, 0.5) is 0 Å². The lowest BCUT2D eigenvalue weighted by Crippen LogP contribution is -2.50. The van der Waals surface area contributed by atoms with Gasteiger partial charge in [0.25, 0.3) is 0 Å². The molecule has 0 spiro atoms. The van der Waals surface area contributed by atoms with Gasteiger partial charge in [-0.15, -0.1) is 0 Å². The van der Waals surface area contributed by atoms with Crippen molar-refractivity contribution in [3.63, 3.8) is 0 Å². The van der Waals surface area contributed by atoms with Gasteiger partial charge in [-0.1, -0.05) is 42.8 Å². The summed E-state index contributed by atoms with van der Waals surface area (Å²) in [4.78, 5) is 4.32. The number of rotatable bonds is 8. The normalized spacial score (nSPS) is 32.5. The second kappa shape index (κ2) is 9.85. The number of epoxide rings is 1. The maximum absolute atomic E-state index is 10.7. The summed E-state index contributed by atoms with van der Waals surface area (Å²) in [6.07, 6.45) is 1.83. The fourth-order valence-corrected chi connectivity index (χ4v) is 4.39. The molecule has 0 radical (unpaired) electrons. The lowest BCUT2D eigenvalue weighted by atomic mass is 9.85. The predicted octanol–water partition coefficient (Wildman–Crippen LogP) is 3.05. The number of hydrogen-bond acceptors (Lipinski definition) is 7. The summed E-state index contributed by atoms with van der Waals surface area (Å²) in [5, 5.41) is 31.0. The Balaban J connectivity index is 1.30. The lowest BCUT2D eigenvalue weighted by molar-refractivity contribution is -0.165. The van der Waals surface area contributed by atoms with Crippen LogP contribution in [0.2, 0.25) is 0 Å². The molecular formula is C25H33NO6. The molecule has 4 rings (SSSR count). The van der Waals surface area contributed by atoms with Crippen LogP contribution in [-0.4, -0.2) is 63.5 Å². The van der Waals surface area contributed by atoms with E-state index in [4.69, 9.17) is 13.9 Å². The van der Waals surface area contributed by atoms with E-state index in [-0.39, 0.29) is 24.0 Å². The molecule has 1 aromatic heterocycles. The minimum atomic E-state index is -0.979. The Morgan fingerprint density at radius 2 is 1.91 bits per heavy atom. The number of aliphatic hydroxyl groups is 3. The van der Waals surface area contributed by atoms with Crippen molar-refractivity contribution in [3.8, 4) is 11.3 Å². The maximum Gasteiger partial charge on any atom is 0.219 e. The Bertz CT molecular complexity index is 910. The molecule has 7 heteroatoms. The number of benzene rings is 1. The molecule has 0 aliphatic carbocycles. The van der Waals surface area contributed by atoms with Crippen LogP contribution in [0, 0.1) is 11.8 Å². The fourth-order valence-electron chi connectivity index (χ4n) is 4.39. The van der Waals surface area contributed by atoms with Crippen molar-refractivity contribution in [1.29, 1.82) is 0 Å². The number of aromatic nitrogens is 1.